The number of hydrogen-bond donors (Lipinski definition) is 5. The molecule has 0 amide bonds. The Kier molecular flexibility index (Phi) is 21.1. The van der Waals surface area contributed by atoms with Gasteiger partial charge in [0.15, 0.2) is 12.6 Å². The number of aryl methyl sites for hydroxylation is 1. The second-order valence-corrected chi connectivity index (χ2v) is 22.3. The molecular formula is C56H89N3O13. The molecule has 1 aromatic heterocycles. The molecule has 406 valence electrons. The molecule has 3 saturated heterocycles. The summed E-state index contributed by atoms with van der Waals surface area (Å²) in [6.45, 7) is 20.8. The number of methoxy groups -OCH3 is 1. The van der Waals surface area contributed by atoms with E-state index < -0.39 is 96.0 Å². The molecule has 72 heavy (non-hydrogen) atoms. The van der Waals surface area contributed by atoms with Gasteiger partial charge in [-0.3, -0.25) is 14.2 Å². The highest BCUT2D eigenvalue weighted by Crippen LogP contribution is 2.40. The van der Waals surface area contributed by atoms with Gasteiger partial charge in [0.05, 0.1) is 41.5 Å². The summed E-state index contributed by atoms with van der Waals surface area (Å²) < 4.78 is 39.9. The second-order valence-electron chi connectivity index (χ2n) is 22.3. The summed E-state index contributed by atoms with van der Waals surface area (Å²) in [7, 11) is 5.35. The first-order valence-electron chi connectivity index (χ1n) is 26.3. The molecule has 0 unspecified atom stereocenters. The van der Waals surface area contributed by atoms with Crippen LogP contribution in [-0.4, -0.2) is 170 Å². The van der Waals surface area contributed by atoms with Crippen molar-refractivity contribution in [2.24, 2.45) is 17.8 Å². The van der Waals surface area contributed by atoms with E-state index in [1.165, 1.54) is 14.0 Å². The van der Waals surface area contributed by atoms with E-state index in [2.05, 4.69) is 16.7 Å². The van der Waals surface area contributed by atoms with Crippen LogP contribution in [0.1, 0.15) is 132 Å². The van der Waals surface area contributed by atoms with Crippen molar-refractivity contribution in [1.29, 1.82) is 0 Å². The predicted octanol–water partition coefficient (Wildman–Crippen LogP) is 5.34. The minimum absolute atomic E-state index is 0.0825. The van der Waals surface area contributed by atoms with Gasteiger partial charge in [-0.25, -0.2) is 0 Å². The fourth-order valence-electron chi connectivity index (χ4n) is 11.2. The molecule has 18 atom stereocenters. The fourth-order valence-corrected chi connectivity index (χ4v) is 11.2. The first-order valence-corrected chi connectivity index (χ1v) is 26.3. The van der Waals surface area contributed by atoms with Gasteiger partial charge in [-0.1, -0.05) is 45.1 Å². The Hall–Kier alpha value is -3.28. The number of aliphatic hydroxyl groups is 5. The van der Waals surface area contributed by atoms with Crippen molar-refractivity contribution in [3.05, 3.63) is 64.1 Å². The first kappa shape index (κ1) is 59.6. The van der Waals surface area contributed by atoms with E-state index in [9.17, 15) is 35.1 Å². The lowest BCUT2D eigenvalue weighted by atomic mass is 9.77. The van der Waals surface area contributed by atoms with Crippen LogP contribution in [0.25, 0.3) is 5.69 Å². The molecule has 16 nitrogen and oxygen atoms in total. The van der Waals surface area contributed by atoms with Crippen molar-refractivity contribution < 1.29 is 58.7 Å². The minimum Gasteiger partial charge on any atom is -0.459 e. The highest BCUT2D eigenvalue weighted by molar-refractivity contribution is 5.73. The lowest BCUT2D eigenvalue weighted by Gasteiger charge is -2.49. The molecule has 0 spiro atoms. The molecule has 3 fully saturated rings. The predicted molar refractivity (Wildman–Crippen MR) is 275 cm³/mol. The molecule has 4 heterocycles. The van der Waals surface area contributed by atoms with Crippen LogP contribution in [0.15, 0.2) is 47.4 Å². The molecule has 0 aliphatic carbocycles. The summed E-state index contributed by atoms with van der Waals surface area (Å²) in [6, 6.07) is 10.1. The van der Waals surface area contributed by atoms with Crippen molar-refractivity contribution in [2.75, 3.05) is 34.3 Å². The van der Waals surface area contributed by atoms with Gasteiger partial charge in [0.25, 0.3) is 5.56 Å². The van der Waals surface area contributed by atoms with Crippen LogP contribution in [-0.2, 0) is 33.2 Å². The summed E-state index contributed by atoms with van der Waals surface area (Å²) in [6.07, 6.45) is -3.46. The Labute approximate surface area is 429 Å². The maximum atomic E-state index is 14.5. The van der Waals surface area contributed by atoms with Gasteiger partial charge in [0.2, 0.25) is 0 Å². The van der Waals surface area contributed by atoms with Crippen molar-refractivity contribution in [3.8, 4) is 17.5 Å². The van der Waals surface area contributed by atoms with E-state index in [1.807, 2.05) is 77.2 Å². The standard InChI is InChI=1S/C56H89N3O13/c1-15-44-56(11,66)49(62)39(7)58(13)32-35(3)30-54(9,65)51(37(5)48(38(6)52(64)70-44)71-46-31-55(10,67-14)50(63)40(8)69-46)72-53-47(61)43(29-36(4)68-53)57(12)28-20-18-16-17-19-21-41-23-25-42(26-24-41)59-33-34(2)22-27-45(59)60/h22-27,33,35-40,43-44,46-51,53,61-63,65-66H,15-18,20,28-32H2,1-14H3/t35-,36-,37+,38-,39-,40+,43+,44-,46+,47-,48+,49-,50+,51-,53+,54-,55-,56-/m1/s1. The van der Waals surface area contributed by atoms with E-state index >= 15 is 0 Å². The van der Waals surface area contributed by atoms with E-state index in [0.717, 1.165) is 42.5 Å². The fraction of sp³-hybridized carbons (Fsp3) is 0.750. The number of aliphatic hydroxyl groups excluding tert-OH is 3. The summed E-state index contributed by atoms with van der Waals surface area (Å²) in [5, 5.41) is 59.6. The highest BCUT2D eigenvalue weighted by Gasteiger charge is 2.53. The topological polar surface area (TPSA) is 202 Å². The molecule has 3 aliphatic rings. The lowest BCUT2D eigenvalue weighted by molar-refractivity contribution is -0.318. The molecule has 0 radical (unpaired) electrons. The van der Waals surface area contributed by atoms with Crippen LogP contribution in [0.4, 0.5) is 0 Å². The lowest BCUT2D eigenvalue weighted by Crippen LogP contribution is -2.60. The number of carbonyl (C=O) groups is 1. The number of pyridine rings is 1. The van der Waals surface area contributed by atoms with Gasteiger partial charge in [-0.2, -0.15) is 0 Å². The van der Waals surface area contributed by atoms with Crippen molar-refractivity contribution in [1.82, 2.24) is 14.4 Å². The monoisotopic (exact) mass is 1010 g/mol. The third-order valence-corrected chi connectivity index (χ3v) is 15.9. The zero-order valence-electron chi connectivity index (χ0n) is 45.6. The molecule has 3 aliphatic heterocycles. The van der Waals surface area contributed by atoms with Crippen LogP contribution >= 0.6 is 0 Å². The van der Waals surface area contributed by atoms with Crippen LogP contribution in [0.5, 0.6) is 0 Å². The zero-order chi connectivity index (χ0) is 53.5. The number of rotatable bonds is 13. The van der Waals surface area contributed by atoms with Crippen molar-refractivity contribution >= 4 is 5.97 Å². The van der Waals surface area contributed by atoms with Crippen LogP contribution in [0.3, 0.4) is 0 Å². The largest absolute Gasteiger partial charge is 0.459 e. The Morgan fingerprint density at radius 1 is 0.889 bits per heavy atom. The van der Waals surface area contributed by atoms with E-state index in [1.54, 1.807) is 58.2 Å². The number of unbranched alkanes of at least 4 members (excludes halogenated alkanes) is 3. The normalized spacial score (nSPS) is 38.8. The summed E-state index contributed by atoms with van der Waals surface area (Å²) in [5.74, 6) is 3.80. The Bertz CT molecular complexity index is 2160. The van der Waals surface area contributed by atoms with Gasteiger partial charge >= 0.3 is 5.97 Å². The number of esters is 1. The number of nitrogens with zero attached hydrogens (tertiary/aromatic N) is 3. The Morgan fingerprint density at radius 2 is 1.57 bits per heavy atom. The summed E-state index contributed by atoms with van der Waals surface area (Å²) >= 11 is 0. The molecule has 0 bridgehead atoms. The molecule has 5 N–H and O–H groups in total. The third-order valence-electron chi connectivity index (χ3n) is 15.9. The van der Waals surface area contributed by atoms with Gasteiger partial charge in [-0.05, 0) is 144 Å². The molecule has 16 heteroatoms. The zero-order valence-corrected chi connectivity index (χ0v) is 45.6. The third kappa shape index (κ3) is 14.6. The van der Waals surface area contributed by atoms with Gasteiger partial charge in [0, 0.05) is 68.0 Å². The highest BCUT2D eigenvalue weighted by atomic mass is 16.7. The van der Waals surface area contributed by atoms with Crippen LogP contribution < -0.4 is 5.56 Å². The maximum Gasteiger partial charge on any atom is 0.311 e. The van der Waals surface area contributed by atoms with E-state index in [0.29, 0.717) is 19.5 Å². The smallest absolute Gasteiger partial charge is 0.311 e. The van der Waals surface area contributed by atoms with E-state index in [-0.39, 0.29) is 42.9 Å². The molecule has 0 saturated carbocycles. The van der Waals surface area contributed by atoms with Crippen LogP contribution in [0.2, 0.25) is 0 Å². The second kappa shape index (κ2) is 25.5. The van der Waals surface area contributed by atoms with Crippen LogP contribution in [0, 0.1) is 36.5 Å². The van der Waals surface area contributed by atoms with Gasteiger partial charge < -0.3 is 63.8 Å². The molecular weight excluding hydrogens is 923 g/mol. The number of likely N-dealkylation sites (N-methyl/N-ethyl adjacent to an activating group) is 2. The maximum absolute atomic E-state index is 14.5. The number of benzene rings is 1. The molecule has 5 rings (SSSR count). The summed E-state index contributed by atoms with van der Waals surface area (Å²) in [4.78, 5) is 30.9. The number of carbonyl (C=O) groups excluding carboxylic acids is 1. The average Bonchev–Trinajstić information content (AvgIpc) is 3.33. The number of ether oxygens (including phenoxy) is 6. The number of hydrogen-bond acceptors (Lipinski definition) is 15. The average molecular weight is 1010 g/mol. The SMILES string of the molecule is CC[C@H]1OC(=O)[C@H](C)[C@@H](O[C@H]2C[C@@](C)(OC)[C@@H](O)[C@H](C)O2)[C@H](C)[C@@H](O[C@@H]2O[C@H](C)C[C@H](N(C)CCCCCC#Cc3ccc(-n4cc(C)ccc4=O)cc3)[C@H]2O)[C@](C)(O)C[C@@H](C)CN(C)[C@H](C)[C@@H](O)[C@]1(C)O. The Morgan fingerprint density at radius 3 is 2.22 bits per heavy atom. The Balaban J connectivity index is 1.35. The molecule has 1 aromatic carbocycles. The number of cyclic esters (lactones) is 1. The molecule has 2 aromatic rings. The van der Waals surface area contributed by atoms with Gasteiger partial charge in [-0.15, -0.1) is 0 Å². The summed E-state index contributed by atoms with van der Waals surface area (Å²) in [5.41, 5.74) is -1.89. The van der Waals surface area contributed by atoms with Crippen molar-refractivity contribution in [3.63, 3.8) is 0 Å². The number of aromatic nitrogens is 1. The minimum atomic E-state index is -1.83. The van der Waals surface area contributed by atoms with E-state index in [4.69, 9.17) is 28.4 Å². The first-order chi connectivity index (χ1) is 33.7. The van der Waals surface area contributed by atoms with Crippen molar-refractivity contribution in [2.45, 2.75) is 218 Å². The quantitative estimate of drug-likeness (QED) is 0.0977. The van der Waals surface area contributed by atoms with Gasteiger partial charge in [0.1, 0.15) is 30.0 Å².